The Balaban J connectivity index is 1.94. The molecule has 0 fully saturated rings. The van der Waals surface area contributed by atoms with Gasteiger partial charge in [-0.1, -0.05) is 43.6 Å². The van der Waals surface area contributed by atoms with Crippen LogP contribution in [0.3, 0.4) is 0 Å². The van der Waals surface area contributed by atoms with Crippen LogP contribution >= 0.6 is 11.6 Å². The van der Waals surface area contributed by atoms with Crippen LogP contribution < -0.4 is 15.5 Å². The fraction of sp³-hybridized carbons (Fsp3) is 0.296. The molecule has 7 nitrogen and oxygen atoms in total. The number of hydrogen-bond donors (Lipinski definition) is 1. The second-order valence-electron chi connectivity index (χ2n) is 9.96. The van der Waals surface area contributed by atoms with E-state index in [1.54, 1.807) is 54.4 Å². The molecule has 8 heteroatoms. The van der Waals surface area contributed by atoms with Crippen molar-refractivity contribution in [3.63, 3.8) is 0 Å². The molecule has 35 heavy (non-hydrogen) atoms. The van der Waals surface area contributed by atoms with Crippen LogP contribution in [0.4, 0.5) is 11.4 Å². The maximum Gasteiger partial charge on any atom is 0.339 e. The smallest absolute Gasteiger partial charge is 0.339 e. The van der Waals surface area contributed by atoms with E-state index >= 15 is 0 Å². The Labute approximate surface area is 208 Å². The van der Waals surface area contributed by atoms with Crippen LogP contribution in [0.1, 0.15) is 32.3 Å². The number of carbonyl (C=O) groups excluding carboxylic acids is 3. The van der Waals surface area contributed by atoms with Crippen molar-refractivity contribution in [3.05, 3.63) is 81.8 Å². The Bertz CT molecular complexity index is 1360. The van der Waals surface area contributed by atoms with Crippen LogP contribution in [0.5, 0.6) is 0 Å². The monoisotopic (exact) mass is 491 g/mol. The summed E-state index contributed by atoms with van der Waals surface area (Å²) in [4.78, 5) is 44.8. The number of nitrogens with two attached hydrogens (primary N) is 1. The van der Waals surface area contributed by atoms with Gasteiger partial charge in [0.1, 0.15) is 16.8 Å². The molecule has 2 N–H and O–H groups in total. The number of likely N-dealkylation sites (N-methyl/N-ethyl adjacent to an activating group) is 1. The number of amides is 1. The highest BCUT2D eigenvalue weighted by Crippen LogP contribution is 2.58. The molecule has 0 radical (unpaired) electrons. The zero-order valence-electron chi connectivity index (χ0n) is 20.0. The average molecular weight is 492 g/mol. The minimum absolute atomic E-state index is 0.0523. The first-order chi connectivity index (χ1) is 16.5. The molecule has 5 rings (SSSR count). The third kappa shape index (κ3) is 3.07. The van der Waals surface area contributed by atoms with E-state index in [1.807, 2.05) is 19.9 Å². The molecule has 1 amide bonds. The molecule has 180 valence electrons. The summed E-state index contributed by atoms with van der Waals surface area (Å²) in [5.41, 5.74) is 7.36. The number of carbonyl (C=O) groups is 3. The first-order valence-electron chi connectivity index (χ1n) is 11.3. The summed E-state index contributed by atoms with van der Waals surface area (Å²) in [7, 11) is 2.89. The fourth-order valence-corrected chi connectivity index (χ4v) is 5.89. The summed E-state index contributed by atoms with van der Waals surface area (Å²) in [5, 5.41) is 0.536. The van der Waals surface area contributed by atoms with Crippen molar-refractivity contribution in [2.24, 2.45) is 11.1 Å². The topological polar surface area (TPSA) is 92.9 Å². The van der Waals surface area contributed by atoms with Crippen LogP contribution in [0.15, 0.2) is 71.2 Å². The molecule has 0 saturated heterocycles. The molecule has 1 atom stereocenters. The van der Waals surface area contributed by atoms with Gasteiger partial charge in [0.05, 0.1) is 7.11 Å². The molecule has 0 bridgehead atoms. The van der Waals surface area contributed by atoms with Crippen molar-refractivity contribution in [1.82, 2.24) is 0 Å². The number of fused-ring (bicyclic) bond motifs is 3. The highest BCUT2D eigenvalue weighted by atomic mass is 35.5. The Morgan fingerprint density at radius 1 is 1.06 bits per heavy atom. The summed E-state index contributed by atoms with van der Waals surface area (Å²) in [6.45, 7) is 4.02. The first kappa shape index (κ1) is 23.2. The Morgan fingerprint density at radius 2 is 1.71 bits per heavy atom. The van der Waals surface area contributed by atoms with Gasteiger partial charge in [-0.3, -0.25) is 14.5 Å². The maximum atomic E-state index is 14.2. The lowest BCUT2D eigenvalue weighted by Crippen LogP contribution is -2.55. The van der Waals surface area contributed by atoms with E-state index in [9.17, 15) is 14.4 Å². The quantitative estimate of drug-likeness (QED) is 0.637. The van der Waals surface area contributed by atoms with Gasteiger partial charge in [0, 0.05) is 46.7 Å². The molecule has 0 aromatic heterocycles. The molecule has 3 aliphatic rings. The molecular weight excluding hydrogens is 466 g/mol. The lowest BCUT2D eigenvalue weighted by Gasteiger charge is -2.47. The van der Waals surface area contributed by atoms with Gasteiger partial charge in [0.15, 0.2) is 5.78 Å². The second kappa shape index (κ2) is 7.71. The average Bonchev–Trinajstić information content (AvgIpc) is 3.02. The van der Waals surface area contributed by atoms with Gasteiger partial charge < -0.3 is 15.4 Å². The normalized spacial score (nSPS) is 23.1. The van der Waals surface area contributed by atoms with Crippen LogP contribution in [0.2, 0.25) is 5.02 Å². The molecule has 2 aromatic carbocycles. The minimum atomic E-state index is -1.69. The van der Waals surface area contributed by atoms with Crippen molar-refractivity contribution in [1.29, 1.82) is 0 Å². The Morgan fingerprint density at radius 3 is 2.37 bits per heavy atom. The molecule has 2 aliphatic heterocycles. The Kier molecular flexibility index (Phi) is 5.11. The second-order valence-corrected chi connectivity index (χ2v) is 10.4. The number of hydrogen-bond acceptors (Lipinski definition) is 6. The van der Waals surface area contributed by atoms with Crippen molar-refractivity contribution >= 4 is 40.6 Å². The number of methoxy groups -OCH3 is 1. The highest BCUT2D eigenvalue weighted by molar-refractivity contribution is 6.30. The number of para-hydroxylation sites is 1. The van der Waals surface area contributed by atoms with Gasteiger partial charge in [0.25, 0.3) is 0 Å². The van der Waals surface area contributed by atoms with E-state index < -0.39 is 17.3 Å². The first-order valence-corrected chi connectivity index (χ1v) is 11.7. The largest absolute Gasteiger partial charge is 0.466 e. The Hall–Kier alpha value is -3.58. The molecule has 1 unspecified atom stereocenters. The van der Waals surface area contributed by atoms with E-state index in [1.165, 1.54) is 12.0 Å². The van der Waals surface area contributed by atoms with Gasteiger partial charge in [0.2, 0.25) is 5.91 Å². The van der Waals surface area contributed by atoms with E-state index in [0.29, 0.717) is 34.1 Å². The molecule has 0 saturated carbocycles. The van der Waals surface area contributed by atoms with Crippen LogP contribution in [0, 0.1) is 5.41 Å². The van der Waals surface area contributed by atoms with Crippen molar-refractivity contribution in [3.8, 4) is 0 Å². The predicted octanol–water partition coefficient (Wildman–Crippen LogP) is 4.06. The van der Waals surface area contributed by atoms with Gasteiger partial charge in [-0.2, -0.15) is 0 Å². The summed E-state index contributed by atoms with van der Waals surface area (Å²) < 4.78 is 5.18. The molecule has 2 aromatic rings. The third-order valence-electron chi connectivity index (χ3n) is 7.14. The van der Waals surface area contributed by atoms with Gasteiger partial charge in [-0.15, -0.1) is 0 Å². The number of ether oxygens (including phenoxy) is 1. The molecule has 1 aliphatic carbocycles. The van der Waals surface area contributed by atoms with E-state index in [-0.39, 0.29) is 34.6 Å². The maximum absolute atomic E-state index is 14.2. The van der Waals surface area contributed by atoms with Crippen molar-refractivity contribution < 1.29 is 19.1 Å². The summed E-state index contributed by atoms with van der Waals surface area (Å²) >= 11 is 6.13. The number of benzene rings is 2. The number of ketones is 1. The predicted molar refractivity (Wildman–Crippen MR) is 134 cm³/mol. The summed E-state index contributed by atoms with van der Waals surface area (Å²) in [6, 6.07) is 14.2. The number of Topliss-reactive ketones (excluding diaryl/α,β-unsaturated/α-hetero) is 1. The van der Waals surface area contributed by atoms with Crippen LogP contribution in [-0.4, -0.2) is 31.8 Å². The zero-order valence-corrected chi connectivity index (χ0v) is 20.8. The van der Waals surface area contributed by atoms with E-state index in [4.69, 9.17) is 22.1 Å². The number of halogens is 1. The molecule has 2 heterocycles. The minimum Gasteiger partial charge on any atom is -0.466 e. The highest BCUT2D eigenvalue weighted by Gasteiger charge is 2.64. The standard InChI is InChI=1S/C27H26ClN3O4/c1-26(2)13-19-21(20(32)14-26)27(17-7-5-6-8-18(17)30(3)25(27)34)22(24(33)35-4)23(29)31(19)16-11-9-15(28)10-12-16/h5-12H,13-14,29H2,1-4H3. The lowest BCUT2D eigenvalue weighted by atomic mass is 9.60. The molecule has 1 spiro atoms. The summed E-state index contributed by atoms with van der Waals surface area (Å²) in [6.07, 6.45) is 0.711. The number of anilines is 2. The number of esters is 1. The van der Waals surface area contributed by atoms with Gasteiger partial charge in [-0.05, 0) is 42.2 Å². The van der Waals surface area contributed by atoms with Crippen molar-refractivity contribution in [2.75, 3.05) is 24.0 Å². The van der Waals surface area contributed by atoms with Gasteiger partial charge in [-0.25, -0.2) is 4.79 Å². The number of rotatable bonds is 2. The van der Waals surface area contributed by atoms with Gasteiger partial charge >= 0.3 is 5.97 Å². The molecular formula is C27H26ClN3O4. The fourth-order valence-electron chi connectivity index (χ4n) is 5.77. The number of nitrogens with zero attached hydrogens (tertiary/aromatic N) is 2. The lowest BCUT2D eigenvalue weighted by molar-refractivity contribution is -0.138. The number of allylic oxidation sites excluding steroid dienone is 1. The third-order valence-corrected chi connectivity index (χ3v) is 7.39. The van der Waals surface area contributed by atoms with E-state index in [0.717, 1.165) is 0 Å². The van der Waals surface area contributed by atoms with Crippen LogP contribution in [-0.2, 0) is 24.5 Å². The van der Waals surface area contributed by atoms with Crippen LogP contribution in [0.25, 0.3) is 0 Å². The summed E-state index contributed by atoms with van der Waals surface area (Å²) in [5.74, 6) is -1.30. The van der Waals surface area contributed by atoms with Crippen molar-refractivity contribution in [2.45, 2.75) is 32.1 Å². The van der Waals surface area contributed by atoms with E-state index in [2.05, 4.69) is 0 Å². The SMILES string of the molecule is COC(=O)C1=C(N)N(c2ccc(Cl)cc2)C2=C(C(=O)CC(C)(C)C2)C12C(=O)N(C)c1ccccc12. The zero-order chi connectivity index (χ0) is 25.3.